The molecule has 0 spiro atoms. The van der Waals surface area contributed by atoms with Gasteiger partial charge in [0.2, 0.25) is 0 Å². The van der Waals surface area contributed by atoms with Gasteiger partial charge in [-0.25, -0.2) is 4.99 Å². The summed E-state index contributed by atoms with van der Waals surface area (Å²) in [4.78, 5) is 4.66. The highest BCUT2D eigenvalue weighted by molar-refractivity contribution is 5.79. The molecular weight excluding hydrogens is 366 g/mol. The monoisotopic (exact) mass is 395 g/mol. The van der Waals surface area contributed by atoms with Crippen molar-refractivity contribution in [2.24, 2.45) is 4.99 Å². The normalized spacial score (nSPS) is 10.8. The molecule has 6 heteroatoms. The van der Waals surface area contributed by atoms with E-state index < -0.39 is 0 Å². The van der Waals surface area contributed by atoms with Crippen molar-refractivity contribution >= 4 is 5.96 Å². The van der Waals surface area contributed by atoms with Gasteiger partial charge in [0.1, 0.15) is 12.4 Å². The van der Waals surface area contributed by atoms with Crippen LogP contribution >= 0.6 is 0 Å². The van der Waals surface area contributed by atoms with E-state index in [0.29, 0.717) is 18.0 Å². The number of nitrogens with zero attached hydrogens (tertiary/aromatic N) is 1. The number of benzene rings is 2. The number of ether oxygens (including phenoxy) is 3. The Morgan fingerprint density at radius 1 is 1.00 bits per heavy atom. The van der Waals surface area contributed by atoms with E-state index in [4.69, 9.17) is 20.6 Å². The van der Waals surface area contributed by atoms with E-state index in [9.17, 15) is 0 Å². The molecule has 0 aliphatic heterocycles. The summed E-state index contributed by atoms with van der Waals surface area (Å²) in [6.07, 6.45) is 6.17. The summed E-state index contributed by atoms with van der Waals surface area (Å²) in [7, 11) is 3.27. The van der Waals surface area contributed by atoms with E-state index in [2.05, 4.69) is 33.7 Å². The van der Waals surface area contributed by atoms with Crippen molar-refractivity contribution in [1.29, 1.82) is 0 Å². The van der Waals surface area contributed by atoms with Crippen molar-refractivity contribution in [2.45, 2.75) is 19.9 Å². The summed E-state index contributed by atoms with van der Waals surface area (Å²) in [5.41, 5.74) is 2.24. The first-order chi connectivity index (χ1) is 14.2. The van der Waals surface area contributed by atoms with Crippen LogP contribution in [0.4, 0.5) is 0 Å². The Bertz CT molecular complexity index is 826. The van der Waals surface area contributed by atoms with Gasteiger partial charge in [-0.3, -0.25) is 0 Å². The third-order valence-electron chi connectivity index (χ3n) is 4.17. The number of nitrogens with one attached hydrogen (secondary N) is 2. The lowest BCUT2D eigenvalue weighted by Crippen LogP contribution is -2.38. The molecule has 0 saturated heterocycles. The van der Waals surface area contributed by atoms with Crippen LogP contribution in [0.3, 0.4) is 0 Å². The standard InChI is InChI=1S/C23H29N3O3/c1-5-15-29-22-16-19(9-12-21(22)28-4)17-26-23(24-6-2)25-14-13-18-7-10-20(27-3)11-8-18/h1,7-12,16H,6,13-15,17H2,2-4H3,(H2,24,25,26). The van der Waals surface area contributed by atoms with E-state index in [0.717, 1.165) is 36.8 Å². The van der Waals surface area contributed by atoms with Crippen molar-refractivity contribution in [3.05, 3.63) is 53.6 Å². The van der Waals surface area contributed by atoms with Crippen LogP contribution in [0, 0.1) is 12.3 Å². The Kier molecular flexibility index (Phi) is 9.23. The zero-order valence-electron chi connectivity index (χ0n) is 17.3. The first-order valence-corrected chi connectivity index (χ1v) is 9.58. The largest absolute Gasteiger partial charge is 0.497 e. The van der Waals surface area contributed by atoms with E-state index in [1.165, 1.54) is 5.56 Å². The Labute approximate surface area is 173 Å². The van der Waals surface area contributed by atoms with Crippen LogP contribution in [0.5, 0.6) is 17.2 Å². The van der Waals surface area contributed by atoms with Crippen LogP contribution < -0.4 is 24.8 Å². The highest BCUT2D eigenvalue weighted by Crippen LogP contribution is 2.28. The molecule has 0 atom stereocenters. The van der Waals surface area contributed by atoms with Crippen LogP contribution in [-0.4, -0.2) is 39.9 Å². The Morgan fingerprint density at radius 3 is 2.41 bits per heavy atom. The number of rotatable bonds is 10. The quantitative estimate of drug-likeness (QED) is 0.368. The minimum Gasteiger partial charge on any atom is -0.497 e. The molecule has 0 aromatic heterocycles. The van der Waals surface area contributed by atoms with Gasteiger partial charge in [-0.1, -0.05) is 24.1 Å². The van der Waals surface area contributed by atoms with Crippen LogP contribution in [0.1, 0.15) is 18.1 Å². The molecule has 0 amide bonds. The van der Waals surface area contributed by atoms with Crippen molar-refractivity contribution in [3.8, 4) is 29.6 Å². The van der Waals surface area contributed by atoms with Gasteiger partial charge < -0.3 is 24.8 Å². The molecule has 0 aliphatic carbocycles. The molecule has 2 rings (SSSR count). The summed E-state index contributed by atoms with van der Waals surface area (Å²) in [5.74, 6) is 5.37. The van der Waals surface area contributed by atoms with Crippen molar-refractivity contribution in [3.63, 3.8) is 0 Å². The van der Waals surface area contributed by atoms with Gasteiger partial charge in [-0.05, 0) is 48.7 Å². The first kappa shape index (κ1) is 22.0. The lowest BCUT2D eigenvalue weighted by atomic mass is 10.1. The van der Waals surface area contributed by atoms with Gasteiger partial charge in [-0.15, -0.1) is 6.42 Å². The van der Waals surface area contributed by atoms with Crippen molar-refractivity contribution in [1.82, 2.24) is 10.6 Å². The minimum atomic E-state index is 0.193. The van der Waals surface area contributed by atoms with E-state index in [1.807, 2.05) is 37.3 Å². The summed E-state index contributed by atoms with van der Waals surface area (Å²) >= 11 is 0. The van der Waals surface area contributed by atoms with Gasteiger partial charge in [0.05, 0.1) is 20.8 Å². The zero-order chi connectivity index (χ0) is 20.9. The molecule has 0 unspecified atom stereocenters. The molecule has 2 N–H and O–H groups in total. The molecule has 2 aromatic carbocycles. The molecule has 154 valence electrons. The number of guanidine groups is 1. The summed E-state index contributed by atoms with van der Waals surface area (Å²) in [5, 5.41) is 6.63. The molecule has 0 aliphatic rings. The fraction of sp³-hybridized carbons (Fsp3) is 0.348. The molecular formula is C23H29N3O3. The Morgan fingerprint density at radius 2 is 1.76 bits per heavy atom. The van der Waals surface area contributed by atoms with Gasteiger partial charge in [0, 0.05) is 13.1 Å². The molecule has 0 saturated carbocycles. The third-order valence-corrected chi connectivity index (χ3v) is 4.17. The first-order valence-electron chi connectivity index (χ1n) is 9.58. The molecule has 0 radical (unpaired) electrons. The van der Waals surface area contributed by atoms with Crippen LogP contribution in [0.2, 0.25) is 0 Å². The number of hydrogen-bond donors (Lipinski definition) is 2. The summed E-state index contributed by atoms with van der Waals surface area (Å²) in [6.45, 7) is 4.30. The lowest BCUT2D eigenvalue weighted by molar-refractivity contribution is 0.330. The SMILES string of the molecule is C#CCOc1cc(CN=C(NCC)NCCc2ccc(OC)cc2)ccc1OC. The number of methoxy groups -OCH3 is 2. The van der Waals surface area contributed by atoms with Crippen LogP contribution in [0.15, 0.2) is 47.5 Å². The molecule has 0 heterocycles. The second kappa shape index (κ2) is 12.2. The number of aliphatic imine (C=N–C) groups is 1. The van der Waals surface area contributed by atoms with E-state index in [1.54, 1.807) is 14.2 Å². The minimum absolute atomic E-state index is 0.193. The molecule has 0 fully saturated rings. The maximum atomic E-state index is 5.55. The third kappa shape index (κ3) is 7.30. The average molecular weight is 396 g/mol. The topological polar surface area (TPSA) is 64.1 Å². The molecule has 0 bridgehead atoms. The highest BCUT2D eigenvalue weighted by Gasteiger charge is 2.06. The molecule has 29 heavy (non-hydrogen) atoms. The van der Waals surface area contributed by atoms with E-state index >= 15 is 0 Å². The summed E-state index contributed by atoms with van der Waals surface area (Å²) < 4.78 is 16.1. The number of terminal acetylenes is 1. The lowest BCUT2D eigenvalue weighted by Gasteiger charge is -2.13. The fourth-order valence-corrected chi connectivity index (χ4v) is 2.68. The summed E-state index contributed by atoms with van der Waals surface area (Å²) in [6, 6.07) is 13.8. The predicted molar refractivity (Wildman–Crippen MR) is 117 cm³/mol. The van der Waals surface area contributed by atoms with Gasteiger partial charge >= 0.3 is 0 Å². The van der Waals surface area contributed by atoms with Crippen molar-refractivity contribution < 1.29 is 14.2 Å². The van der Waals surface area contributed by atoms with Gasteiger partial charge in [0.25, 0.3) is 0 Å². The maximum absolute atomic E-state index is 5.55. The Balaban J connectivity index is 1.96. The highest BCUT2D eigenvalue weighted by atomic mass is 16.5. The number of hydrogen-bond acceptors (Lipinski definition) is 4. The fourth-order valence-electron chi connectivity index (χ4n) is 2.68. The predicted octanol–water partition coefficient (Wildman–Crippen LogP) is 3.01. The van der Waals surface area contributed by atoms with E-state index in [-0.39, 0.29) is 6.61 Å². The molecule has 2 aromatic rings. The average Bonchev–Trinajstić information content (AvgIpc) is 2.76. The zero-order valence-corrected chi connectivity index (χ0v) is 17.3. The second-order valence-corrected chi connectivity index (χ2v) is 6.20. The Hall–Kier alpha value is -3.33. The molecule has 6 nitrogen and oxygen atoms in total. The smallest absolute Gasteiger partial charge is 0.191 e. The van der Waals surface area contributed by atoms with Crippen LogP contribution in [0.25, 0.3) is 0 Å². The van der Waals surface area contributed by atoms with Crippen LogP contribution in [-0.2, 0) is 13.0 Å². The van der Waals surface area contributed by atoms with Gasteiger partial charge in [0.15, 0.2) is 17.5 Å². The second-order valence-electron chi connectivity index (χ2n) is 6.20. The van der Waals surface area contributed by atoms with Crippen molar-refractivity contribution in [2.75, 3.05) is 33.9 Å². The van der Waals surface area contributed by atoms with Gasteiger partial charge in [-0.2, -0.15) is 0 Å². The maximum Gasteiger partial charge on any atom is 0.191 e.